The van der Waals surface area contributed by atoms with Crippen LogP contribution in [0, 0.1) is 5.95 Å². The second-order valence-electron chi connectivity index (χ2n) is 2.30. The van der Waals surface area contributed by atoms with Crippen molar-refractivity contribution in [3.63, 3.8) is 0 Å². The molecule has 1 aromatic rings. The van der Waals surface area contributed by atoms with Crippen LogP contribution in [0.25, 0.3) is 0 Å². The van der Waals surface area contributed by atoms with Gasteiger partial charge in [-0.3, -0.25) is 0 Å². The second-order valence-corrected chi connectivity index (χ2v) is 2.86. The number of hydrogen-bond donors (Lipinski definition) is 0. The summed E-state index contributed by atoms with van der Waals surface area (Å²) in [4.78, 5) is 3.25. The molecule has 1 aromatic heterocycles. The number of hydrogen-bond acceptors (Lipinski definition) is 1. The molecule has 0 N–H and O–H groups in total. The number of nitrogens with zero attached hydrogens (tertiary/aromatic N) is 1. The van der Waals surface area contributed by atoms with Crippen LogP contribution >= 0.6 is 15.9 Å². The van der Waals surface area contributed by atoms with Crippen LogP contribution in [-0.4, -0.2) is 4.98 Å². The van der Waals surface area contributed by atoms with Crippen molar-refractivity contribution in [3.05, 3.63) is 29.3 Å². The molecular formula is C7H4BrF4N. The second kappa shape index (κ2) is 3.61. The van der Waals surface area contributed by atoms with E-state index in [4.69, 9.17) is 0 Å². The first-order chi connectivity index (χ1) is 5.93. The minimum atomic E-state index is -4.53. The van der Waals surface area contributed by atoms with Crippen LogP contribution in [0.2, 0.25) is 0 Å². The number of pyridine rings is 1. The number of aromatic nitrogens is 1. The van der Waals surface area contributed by atoms with Gasteiger partial charge in [0.15, 0.2) is 0 Å². The van der Waals surface area contributed by atoms with E-state index < -0.39 is 17.7 Å². The summed E-state index contributed by atoms with van der Waals surface area (Å²) in [6.07, 6.45) is -4.53. The third-order valence-electron chi connectivity index (χ3n) is 1.31. The summed E-state index contributed by atoms with van der Waals surface area (Å²) in [6.45, 7) is 0. The van der Waals surface area contributed by atoms with Gasteiger partial charge in [0.1, 0.15) is 0 Å². The first kappa shape index (κ1) is 10.4. The molecule has 0 unspecified atom stereocenters. The zero-order valence-electron chi connectivity index (χ0n) is 6.20. The third-order valence-corrected chi connectivity index (χ3v) is 1.89. The molecule has 1 nitrogen and oxygen atoms in total. The molecule has 0 amide bonds. The van der Waals surface area contributed by atoms with Crippen LogP contribution in [-0.2, 0) is 11.5 Å². The van der Waals surface area contributed by atoms with Crippen LogP contribution in [0.1, 0.15) is 11.3 Å². The van der Waals surface area contributed by atoms with E-state index in [1.165, 1.54) is 0 Å². The Labute approximate surface area is 79.9 Å². The third kappa shape index (κ3) is 2.65. The molecule has 1 heterocycles. The molecule has 0 aliphatic heterocycles. The Balaban J connectivity index is 3.16. The van der Waals surface area contributed by atoms with Crippen molar-refractivity contribution in [2.45, 2.75) is 11.5 Å². The molecule has 0 aliphatic rings. The molecule has 6 heteroatoms. The summed E-state index contributed by atoms with van der Waals surface area (Å²) in [7, 11) is 0. The van der Waals surface area contributed by atoms with Crippen molar-refractivity contribution in [1.29, 1.82) is 0 Å². The molecule has 0 saturated carbocycles. The molecule has 0 saturated heterocycles. The first-order valence-electron chi connectivity index (χ1n) is 3.23. The average molecular weight is 258 g/mol. The fourth-order valence-corrected chi connectivity index (χ4v) is 1.07. The van der Waals surface area contributed by atoms with Crippen LogP contribution < -0.4 is 0 Å². The van der Waals surface area contributed by atoms with Crippen LogP contribution in [0.4, 0.5) is 17.6 Å². The molecule has 0 spiro atoms. The summed E-state index contributed by atoms with van der Waals surface area (Å²) in [5, 5.41) is 0.0911. The van der Waals surface area contributed by atoms with Crippen molar-refractivity contribution in [2.24, 2.45) is 0 Å². The predicted octanol–water partition coefficient (Wildman–Crippen LogP) is 3.13. The Morgan fingerprint density at radius 3 is 2.38 bits per heavy atom. The average Bonchev–Trinajstić information content (AvgIpc) is 2.01. The van der Waals surface area contributed by atoms with Gasteiger partial charge in [-0.25, -0.2) is 4.98 Å². The van der Waals surface area contributed by atoms with Crippen LogP contribution in [0.3, 0.4) is 0 Å². The van der Waals surface area contributed by atoms with E-state index in [0.717, 1.165) is 6.07 Å². The molecule has 13 heavy (non-hydrogen) atoms. The highest BCUT2D eigenvalue weighted by molar-refractivity contribution is 9.08. The van der Waals surface area contributed by atoms with E-state index >= 15 is 0 Å². The van der Waals surface area contributed by atoms with Crippen molar-refractivity contribution in [3.8, 4) is 0 Å². The fourth-order valence-electron chi connectivity index (χ4n) is 0.783. The summed E-state index contributed by atoms with van der Waals surface area (Å²) in [5.41, 5.74) is -0.998. The molecular weight excluding hydrogens is 254 g/mol. The van der Waals surface area contributed by atoms with Gasteiger partial charge in [0, 0.05) is 11.4 Å². The Kier molecular flexibility index (Phi) is 2.90. The number of rotatable bonds is 1. The van der Waals surface area contributed by atoms with Gasteiger partial charge >= 0.3 is 6.18 Å². The standard InChI is InChI=1S/C7H4BrF4N/c8-3-5-1-4(7(10,11)12)2-6(9)13-5/h1-2H,3H2. The number of halogens is 5. The van der Waals surface area contributed by atoms with E-state index in [2.05, 4.69) is 20.9 Å². The topological polar surface area (TPSA) is 12.9 Å². The van der Waals surface area contributed by atoms with E-state index in [1.807, 2.05) is 0 Å². The lowest BCUT2D eigenvalue weighted by Gasteiger charge is -2.07. The minimum absolute atomic E-state index is 0.0207. The van der Waals surface area contributed by atoms with Gasteiger partial charge in [0.2, 0.25) is 5.95 Å². The maximum absolute atomic E-state index is 12.5. The van der Waals surface area contributed by atoms with Crippen molar-refractivity contribution >= 4 is 15.9 Å². The summed E-state index contributed by atoms with van der Waals surface area (Å²) in [6, 6.07) is 1.17. The largest absolute Gasteiger partial charge is 0.416 e. The van der Waals surface area contributed by atoms with Gasteiger partial charge in [-0.05, 0) is 6.07 Å². The smallest absolute Gasteiger partial charge is 0.224 e. The monoisotopic (exact) mass is 257 g/mol. The van der Waals surface area contributed by atoms with Gasteiger partial charge in [-0.2, -0.15) is 17.6 Å². The molecule has 0 fully saturated rings. The minimum Gasteiger partial charge on any atom is -0.224 e. The SMILES string of the molecule is Fc1cc(C(F)(F)F)cc(CBr)n1. The van der Waals surface area contributed by atoms with Crippen molar-refractivity contribution in [2.75, 3.05) is 0 Å². The summed E-state index contributed by atoms with van der Waals surface area (Å²) in [5.74, 6) is -1.12. The predicted molar refractivity (Wildman–Crippen MR) is 41.8 cm³/mol. The lowest BCUT2D eigenvalue weighted by atomic mass is 10.2. The summed E-state index contributed by atoms with van der Waals surface area (Å²) < 4.78 is 48.7. The van der Waals surface area contributed by atoms with Gasteiger partial charge in [0.05, 0.1) is 11.3 Å². The lowest BCUT2D eigenvalue weighted by Crippen LogP contribution is -2.07. The fraction of sp³-hybridized carbons (Fsp3) is 0.286. The molecule has 72 valence electrons. The molecule has 1 rings (SSSR count). The molecule has 0 bridgehead atoms. The van der Waals surface area contributed by atoms with E-state index in [0.29, 0.717) is 6.07 Å². The zero-order valence-corrected chi connectivity index (χ0v) is 7.78. The first-order valence-corrected chi connectivity index (χ1v) is 4.35. The van der Waals surface area contributed by atoms with Gasteiger partial charge in [0.25, 0.3) is 0 Å². The lowest BCUT2D eigenvalue weighted by molar-refractivity contribution is -0.137. The number of alkyl halides is 4. The van der Waals surface area contributed by atoms with Gasteiger partial charge in [-0.15, -0.1) is 0 Å². The maximum Gasteiger partial charge on any atom is 0.416 e. The van der Waals surface area contributed by atoms with E-state index in [-0.39, 0.29) is 11.0 Å². The molecule has 0 aliphatic carbocycles. The highest BCUT2D eigenvalue weighted by Crippen LogP contribution is 2.29. The Morgan fingerprint density at radius 2 is 1.92 bits per heavy atom. The van der Waals surface area contributed by atoms with Crippen molar-refractivity contribution < 1.29 is 17.6 Å². The van der Waals surface area contributed by atoms with E-state index in [9.17, 15) is 17.6 Å². The zero-order chi connectivity index (χ0) is 10.1. The van der Waals surface area contributed by atoms with Crippen LogP contribution in [0.5, 0.6) is 0 Å². The van der Waals surface area contributed by atoms with Crippen molar-refractivity contribution in [1.82, 2.24) is 4.98 Å². The Morgan fingerprint density at radius 1 is 1.31 bits per heavy atom. The molecule has 0 radical (unpaired) electrons. The molecule has 0 aromatic carbocycles. The van der Waals surface area contributed by atoms with Gasteiger partial charge < -0.3 is 0 Å². The van der Waals surface area contributed by atoms with Gasteiger partial charge in [-0.1, -0.05) is 15.9 Å². The quantitative estimate of drug-likeness (QED) is 0.428. The highest BCUT2D eigenvalue weighted by atomic mass is 79.9. The van der Waals surface area contributed by atoms with Crippen LogP contribution in [0.15, 0.2) is 12.1 Å². The molecule has 0 atom stereocenters. The normalized spacial score (nSPS) is 11.8. The summed E-state index contributed by atoms with van der Waals surface area (Å²) >= 11 is 2.90. The maximum atomic E-state index is 12.5. The Hall–Kier alpha value is -0.650. The Bertz CT molecular complexity index is 310. The van der Waals surface area contributed by atoms with E-state index in [1.54, 1.807) is 0 Å². The highest BCUT2D eigenvalue weighted by Gasteiger charge is 2.31.